The van der Waals surface area contributed by atoms with E-state index in [9.17, 15) is 0 Å². The minimum Gasteiger partial charge on any atom is -0.489 e. The van der Waals surface area contributed by atoms with Gasteiger partial charge in [0.25, 0.3) is 0 Å². The molecule has 1 aliphatic rings. The summed E-state index contributed by atoms with van der Waals surface area (Å²) in [6.45, 7) is 4.05. The number of nitrogens with one attached hydrogen (secondary N) is 1. The van der Waals surface area contributed by atoms with Gasteiger partial charge in [-0.3, -0.25) is 0 Å². The van der Waals surface area contributed by atoms with Gasteiger partial charge in [-0.2, -0.15) is 0 Å². The smallest absolute Gasteiger partial charge is 0.156 e. The summed E-state index contributed by atoms with van der Waals surface area (Å²) < 4.78 is 10.9. The van der Waals surface area contributed by atoms with Crippen molar-refractivity contribution < 1.29 is 9.47 Å². The molecule has 1 N–H and O–H groups in total. The maximum atomic E-state index is 6.00. The highest BCUT2D eigenvalue weighted by Crippen LogP contribution is 2.32. The highest BCUT2D eigenvalue weighted by atomic mass is 35.5. The second-order valence-electron chi connectivity index (χ2n) is 4.33. The maximum Gasteiger partial charge on any atom is 0.156 e. The molecule has 1 atom stereocenters. The molecular weight excluding hydrogens is 273 g/mol. The molecule has 2 rings (SSSR count). The molecule has 0 spiro atoms. The predicted octanol–water partition coefficient (Wildman–Crippen LogP) is 3.00. The standard InChI is InChI=1S/C13H17Cl2NO2/c14-11-2-1-3-12(15)13(11)18-7-5-16-8-10-4-6-17-9-10/h1-3,10,16H,4-9H2. The van der Waals surface area contributed by atoms with Crippen molar-refractivity contribution in [3.05, 3.63) is 28.2 Å². The van der Waals surface area contributed by atoms with Crippen molar-refractivity contribution >= 4 is 23.2 Å². The van der Waals surface area contributed by atoms with Crippen LogP contribution in [0.25, 0.3) is 0 Å². The van der Waals surface area contributed by atoms with Crippen LogP contribution in [0, 0.1) is 5.92 Å². The van der Waals surface area contributed by atoms with Crippen molar-refractivity contribution in [3.8, 4) is 5.75 Å². The van der Waals surface area contributed by atoms with Gasteiger partial charge in [-0.25, -0.2) is 0 Å². The first kappa shape index (κ1) is 13.9. The van der Waals surface area contributed by atoms with Gasteiger partial charge in [-0.05, 0) is 24.5 Å². The monoisotopic (exact) mass is 289 g/mol. The molecule has 1 heterocycles. The second kappa shape index (κ2) is 7.19. The fourth-order valence-corrected chi connectivity index (χ4v) is 2.40. The van der Waals surface area contributed by atoms with E-state index >= 15 is 0 Å². The topological polar surface area (TPSA) is 30.5 Å². The minimum atomic E-state index is 0.548. The molecule has 1 aromatic rings. The molecule has 1 fully saturated rings. The van der Waals surface area contributed by atoms with Gasteiger partial charge >= 0.3 is 0 Å². The largest absolute Gasteiger partial charge is 0.489 e. The molecule has 0 saturated carbocycles. The summed E-state index contributed by atoms with van der Waals surface area (Å²) in [4.78, 5) is 0. The third-order valence-electron chi connectivity index (χ3n) is 2.90. The summed E-state index contributed by atoms with van der Waals surface area (Å²) in [5, 5.41) is 4.44. The van der Waals surface area contributed by atoms with E-state index in [0.717, 1.165) is 32.7 Å². The summed E-state index contributed by atoms with van der Waals surface area (Å²) >= 11 is 12.0. The first-order chi connectivity index (χ1) is 8.77. The van der Waals surface area contributed by atoms with Crippen LogP contribution in [0.5, 0.6) is 5.75 Å². The highest BCUT2D eigenvalue weighted by Gasteiger charge is 2.14. The van der Waals surface area contributed by atoms with Crippen molar-refractivity contribution in [1.29, 1.82) is 0 Å². The Morgan fingerprint density at radius 1 is 1.33 bits per heavy atom. The van der Waals surface area contributed by atoms with Crippen molar-refractivity contribution in [2.75, 3.05) is 32.9 Å². The fourth-order valence-electron chi connectivity index (χ4n) is 1.90. The van der Waals surface area contributed by atoms with Crippen LogP contribution >= 0.6 is 23.2 Å². The van der Waals surface area contributed by atoms with Gasteiger partial charge in [0, 0.05) is 19.7 Å². The fraction of sp³-hybridized carbons (Fsp3) is 0.538. The van der Waals surface area contributed by atoms with E-state index in [4.69, 9.17) is 32.7 Å². The maximum absolute atomic E-state index is 6.00. The summed E-state index contributed by atoms with van der Waals surface area (Å²) in [7, 11) is 0. The Bertz CT molecular complexity index is 361. The molecule has 0 amide bonds. The van der Waals surface area contributed by atoms with E-state index in [2.05, 4.69) is 5.32 Å². The molecular formula is C13H17Cl2NO2. The van der Waals surface area contributed by atoms with E-state index in [0.29, 0.717) is 28.3 Å². The first-order valence-corrected chi connectivity index (χ1v) is 6.88. The van der Waals surface area contributed by atoms with Crippen molar-refractivity contribution in [2.45, 2.75) is 6.42 Å². The van der Waals surface area contributed by atoms with E-state index in [-0.39, 0.29) is 0 Å². The molecule has 18 heavy (non-hydrogen) atoms. The van der Waals surface area contributed by atoms with Gasteiger partial charge in [0.2, 0.25) is 0 Å². The van der Waals surface area contributed by atoms with Crippen molar-refractivity contribution in [2.24, 2.45) is 5.92 Å². The lowest BCUT2D eigenvalue weighted by Gasteiger charge is -2.12. The van der Waals surface area contributed by atoms with Crippen LogP contribution in [-0.4, -0.2) is 32.9 Å². The average Bonchev–Trinajstić information content (AvgIpc) is 2.85. The van der Waals surface area contributed by atoms with Gasteiger partial charge in [0.05, 0.1) is 16.7 Å². The van der Waals surface area contributed by atoms with Crippen molar-refractivity contribution in [3.63, 3.8) is 0 Å². The lowest BCUT2D eigenvalue weighted by molar-refractivity contribution is 0.185. The normalized spacial score (nSPS) is 19.1. The Morgan fingerprint density at radius 2 is 2.11 bits per heavy atom. The zero-order valence-electron chi connectivity index (χ0n) is 10.1. The SMILES string of the molecule is Clc1cccc(Cl)c1OCCNCC1CCOC1. The number of ether oxygens (including phenoxy) is 2. The number of halogens is 2. The molecule has 3 nitrogen and oxygen atoms in total. The van der Waals surface area contributed by atoms with Crippen LogP contribution in [0.1, 0.15) is 6.42 Å². The summed E-state index contributed by atoms with van der Waals surface area (Å²) in [6, 6.07) is 5.34. The molecule has 0 bridgehead atoms. The number of hydrogen-bond donors (Lipinski definition) is 1. The molecule has 1 saturated heterocycles. The summed E-state index contributed by atoms with van der Waals surface area (Å²) in [6.07, 6.45) is 1.14. The van der Waals surface area contributed by atoms with E-state index < -0.39 is 0 Å². The Hall–Kier alpha value is -0.480. The average molecular weight is 290 g/mol. The number of para-hydroxylation sites is 1. The molecule has 1 unspecified atom stereocenters. The Balaban J connectivity index is 1.65. The van der Waals surface area contributed by atoms with Crippen LogP contribution in [0.3, 0.4) is 0 Å². The van der Waals surface area contributed by atoms with E-state index in [1.165, 1.54) is 0 Å². The lowest BCUT2D eigenvalue weighted by atomic mass is 10.1. The molecule has 0 aliphatic carbocycles. The molecule has 0 aromatic heterocycles. The molecule has 0 radical (unpaired) electrons. The number of hydrogen-bond acceptors (Lipinski definition) is 3. The van der Waals surface area contributed by atoms with Crippen molar-refractivity contribution in [1.82, 2.24) is 5.32 Å². The second-order valence-corrected chi connectivity index (χ2v) is 5.15. The molecule has 5 heteroatoms. The Kier molecular flexibility index (Phi) is 5.57. The van der Waals surface area contributed by atoms with Crippen LogP contribution in [0.15, 0.2) is 18.2 Å². The van der Waals surface area contributed by atoms with Gasteiger partial charge in [-0.15, -0.1) is 0 Å². The lowest BCUT2D eigenvalue weighted by Crippen LogP contribution is -2.27. The zero-order valence-corrected chi connectivity index (χ0v) is 11.6. The molecule has 1 aliphatic heterocycles. The highest BCUT2D eigenvalue weighted by molar-refractivity contribution is 6.37. The van der Waals surface area contributed by atoms with Crippen LogP contribution in [-0.2, 0) is 4.74 Å². The third-order valence-corrected chi connectivity index (χ3v) is 3.50. The number of benzene rings is 1. The molecule has 100 valence electrons. The quantitative estimate of drug-likeness (QED) is 0.817. The number of rotatable bonds is 6. The summed E-state index contributed by atoms with van der Waals surface area (Å²) in [5.74, 6) is 1.20. The Morgan fingerprint density at radius 3 is 2.78 bits per heavy atom. The van der Waals surface area contributed by atoms with Crippen LogP contribution in [0.4, 0.5) is 0 Å². The van der Waals surface area contributed by atoms with Gasteiger partial charge in [0.1, 0.15) is 6.61 Å². The predicted molar refractivity (Wildman–Crippen MR) is 73.8 cm³/mol. The zero-order chi connectivity index (χ0) is 12.8. The third kappa shape index (κ3) is 4.02. The van der Waals surface area contributed by atoms with Gasteiger partial charge in [-0.1, -0.05) is 29.3 Å². The Labute approximate surface area is 117 Å². The minimum absolute atomic E-state index is 0.548. The first-order valence-electron chi connectivity index (χ1n) is 6.12. The molecule has 1 aromatic carbocycles. The van der Waals surface area contributed by atoms with Gasteiger partial charge in [0.15, 0.2) is 5.75 Å². The van der Waals surface area contributed by atoms with E-state index in [1.807, 2.05) is 0 Å². The van der Waals surface area contributed by atoms with E-state index in [1.54, 1.807) is 18.2 Å². The summed E-state index contributed by atoms with van der Waals surface area (Å²) in [5.41, 5.74) is 0. The van der Waals surface area contributed by atoms with Crippen LogP contribution < -0.4 is 10.1 Å². The van der Waals surface area contributed by atoms with Crippen LogP contribution in [0.2, 0.25) is 10.0 Å². The van der Waals surface area contributed by atoms with Gasteiger partial charge < -0.3 is 14.8 Å².